The van der Waals surface area contributed by atoms with Crippen molar-refractivity contribution >= 4 is 38.9 Å². The maximum atomic E-state index is 11.0. The Morgan fingerprint density at radius 2 is 1.97 bits per heavy atom. The van der Waals surface area contributed by atoms with Crippen molar-refractivity contribution in [2.45, 2.75) is 66.6 Å². The second-order valence-electron chi connectivity index (χ2n) is 7.54. The highest BCUT2D eigenvalue weighted by Gasteiger charge is 2.46. The molecule has 0 aromatic carbocycles. The molecule has 172 valence electrons. The topological polar surface area (TPSA) is 209 Å². The molecule has 1 saturated carbocycles. The Kier molecular flexibility index (Phi) is 6.37. The van der Waals surface area contributed by atoms with Gasteiger partial charge in [-0.1, -0.05) is 24.6 Å². The van der Waals surface area contributed by atoms with Gasteiger partial charge in [0, 0.05) is 5.25 Å². The first-order valence-electron chi connectivity index (χ1n) is 9.68. The van der Waals surface area contributed by atoms with Crippen LogP contribution in [0.5, 0.6) is 0 Å². The minimum absolute atomic E-state index is 0.0872. The molecule has 0 unspecified atom stereocenters. The molecule has 7 N–H and O–H groups in total. The zero-order chi connectivity index (χ0) is 22.3. The molecule has 1 saturated heterocycles. The summed E-state index contributed by atoms with van der Waals surface area (Å²) in [6, 6.07) is 0. The van der Waals surface area contributed by atoms with Gasteiger partial charge in [-0.25, -0.2) is 19.8 Å². The van der Waals surface area contributed by atoms with Crippen LogP contribution < -0.4 is 10.9 Å². The van der Waals surface area contributed by atoms with E-state index < -0.39 is 47.6 Å². The fraction of sp³-hybridized carbons (Fsp3) is 0.688. The van der Waals surface area contributed by atoms with E-state index in [0.717, 1.165) is 19.3 Å². The number of thioether (sulfide) groups is 1. The lowest BCUT2D eigenvalue weighted by atomic mass is 9.97. The number of nitrogen functional groups attached to an aromatic ring is 1. The Morgan fingerprint density at radius 3 is 2.68 bits per heavy atom. The number of aliphatic hydroxyl groups excluding tert-OH is 3. The lowest BCUT2D eigenvalue weighted by Crippen LogP contribution is -2.35. The van der Waals surface area contributed by atoms with Crippen LogP contribution in [0.15, 0.2) is 11.4 Å². The van der Waals surface area contributed by atoms with E-state index in [-0.39, 0.29) is 16.7 Å². The van der Waals surface area contributed by atoms with Crippen molar-refractivity contribution in [2.24, 2.45) is 5.14 Å². The normalized spacial score (nSPS) is 32.0. The molecule has 2 aromatic heterocycles. The Labute approximate surface area is 182 Å². The highest BCUT2D eigenvalue weighted by atomic mass is 32.2. The predicted octanol–water partition coefficient (Wildman–Crippen LogP) is -1.36. The number of hydrogen-bond donors (Lipinski definition) is 5. The molecule has 2 fully saturated rings. The van der Waals surface area contributed by atoms with Crippen LogP contribution >= 0.6 is 11.8 Å². The molecule has 31 heavy (non-hydrogen) atoms. The number of rotatable bonds is 6. The zero-order valence-electron chi connectivity index (χ0n) is 16.3. The molecule has 2 aliphatic rings. The summed E-state index contributed by atoms with van der Waals surface area (Å²) >= 11 is 1.35. The number of nitrogens with two attached hydrogens (primary N) is 2. The summed E-state index contributed by atoms with van der Waals surface area (Å²) in [4.78, 5) is 8.21. The standard InChI is InChI=1S/C16H24N6O7S2/c17-13-10-14(20-6-19-13)22(21-15(10)30-9-4-2-1-3-7(9)23)16-12(25)11(24)8(29-16)5-28-31(18,26)27/h6-9,11-12,16,23-25H,1-5H2,(H2,17,19,20)(H2,18,26,27)/t7-,8+,9-,11+,12+,16+/m0/s1. The van der Waals surface area contributed by atoms with Crippen LogP contribution in [-0.2, 0) is 19.2 Å². The van der Waals surface area contributed by atoms with Crippen molar-refractivity contribution in [2.75, 3.05) is 12.3 Å². The average Bonchev–Trinajstić information content (AvgIpc) is 3.20. The number of aromatic nitrogens is 4. The van der Waals surface area contributed by atoms with Gasteiger partial charge in [-0.2, -0.15) is 13.5 Å². The highest BCUT2D eigenvalue weighted by molar-refractivity contribution is 8.00. The number of anilines is 1. The fourth-order valence-electron chi connectivity index (χ4n) is 3.81. The smallest absolute Gasteiger partial charge is 0.333 e. The molecule has 6 atom stereocenters. The third kappa shape index (κ3) is 4.63. The molecule has 1 aliphatic carbocycles. The Morgan fingerprint density at radius 1 is 1.23 bits per heavy atom. The fourth-order valence-corrected chi connectivity index (χ4v) is 5.45. The van der Waals surface area contributed by atoms with Crippen LogP contribution in [0.4, 0.5) is 5.82 Å². The van der Waals surface area contributed by atoms with Gasteiger partial charge in [0.15, 0.2) is 11.9 Å². The minimum atomic E-state index is -4.25. The number of ether oxygens (including phenoxy) is 1. The first-order chi connectivity index (χ1) is 14.7. The van der Waals surface area contributed by atoms with E-state index in [1.165, 1.54) is 22.8 Å². The molecule has 3 heterocycles. The molecule has 4 rings (SSSR count). The molecule has 0 radical (unpaired) electrons. The summed E-state index contributed by atoms with van der Waals surface area (Å²) in [5.74, 6) is 0.172. The second-order valence-corrected chi connectivity index (χ2v) is 9.99. The van der Waals surface area contributed by atoms with Gasteiger partial charge < -0.3 is 25.8 Å². The van der Waals surface area contributed by atoms with Gasteiger partial charge in [-0.05, 0) is 12.8 Å². The lowest BCUT2D eigenvalue weighted by Gasteiger charge is -2.26. The van der Waals surface area contributed by atoms with Crippen LogP contribution in [0.25, 0.3) is 11.0 Å². The van der Waals surface area contributed by atoms with E-state index in [2.05, 4.69) is 19.2 Å². The second kappa shape index (κ2) is 8.74. The Balaban J connectivity index is 1.65. The average molecular weight is 477 g/mol. The van der Waals surface area contributed by atoms with Crippen LogP contribution in [0.2, 0.25) is 0 Å². The molecular weight excluding hydrogens is 452 g/mol. The number of hydrogen-bond acceptors (Lipinski definition) is 12. The first-order valence-corrected chi connectivity index (χ1v) is 12.0. The van der Waals surface area contributed by atoms with Gasteiger partial charge in [0.1, 0.15) is 35.5 Å². The number of fused-ring (bicyclic) bond motifs is 1. The summed E-state index contributed by atoms with van der Waals surface area (Å²) in [7, 11) is -4.25. The van der Waals surface area contributed by atoms with E-state index >= 15 is 0 Å². The van der Waals surface area contributed by atoms with Gasteiger partial charge in [0.05, 0.1) is 18.1 Å². The van der Waals surface area contributed by atoms with Crippen LogP contribution in [0.3, 0.4) is 0 Å². The maximum absolute atomic E-state index is 11.0. The molecule has 0 bridgehead atoms. The third-order valence-electron chi connectivity index (χ3n) is 5.39. The summed E-state index contributed by atoms with van der Waals surface area (Å²) in [5.41, 5.74) is 6.33. The van der Waals surface area contributed by atoms with Crippen molar-refractivity contribution in [3.8, 4) is 0 Å². The molecule has 2 aromatic rings. The summed E-state index contributed by atoms with van der Waals surface area (Å²) < 4.78 is 33.5. The number of aliphatic hydroxyl groups is 3. The van der Waals surface area contributed by atoms with E-state index in [1.807, 2.05) is 0 Å². The summed E-state index contributed by atoms with van der Waals surface area (Å²) in [5, 5.41) is 41.3. The van der Waals surface area contributed by atoms with Gasteiger partial charge in [0.25, 0.3) is 0 Å². The van der Waals surface area contributed by atoms with Crippen molar-refractivity contribution in [3.05, 3.63) is 6.33 Å². The molecule has 15 heteroatoms. The highest BCUT2D eigenvalue weighted by Crippen LogP contribution is 2.40. The monoisotopic (exact) mass is 476 g/mol. The Bertz CT molecular complexity index is 1050. The van der Waals surface area contributed by atoms with Crippen molar-refractivity contribution in [1.29, 1.82) is 0 Å². The third-order valence-corrected chi connectivity index (χ3v) is 7.22. The van der Waals surface area contributed by atoms with E-state index in [9.17, 15) is 23.7 Å². The number of nitrogens with zero attached hydrogens (tertiary/aromatic N) is 4. The van der Waals surface area contributed by atoms with Crippen LogP contribution in [-0.4, -0.2) is 79.8 Å². The van der Waals surface area contributed by atoms with Gasteiger partial charge >= 0.3 is 10.3 Å². The lowest BCUT2D eigenvalue weighted by molar-refractivity contribution is -0.0532. The van der Waals surface area contributed by atoms with Crippen LogP contribution in [0.1, 0.15) is 31.9 Å². The largest absolute Gasteiger partial charge is 0.392 e. The molecule has 0 amide bonds. The zero-order valence-corrected chi connectivity index (χ0v) is 17.9. The first kappa shape index (κ1) is 22.6. The Hall–Kier alpha value is -1.59. The molecule has 0 spiro atoms. The minimum Gasteiger partial charge on any atom is -0.392 e. The van der Waals surface area contributed by atoms with Gasteiger partial charge in [-0.3, -0.25) is 4.18 Å². The molecule has 13 nitrogen and oxygen atoms in total. The van der Waals surface area contributed by atoms with E-state index in [0.29, 0.717) is 16.8 Å². The predicted molar refractivity (Wildman–Crippen MR) is 109 cm³/mol. The molecular formula is C16H24N6O7S2. The van der Waals surface area contributed by atoms with Crippen molar-refractivity contribution in [1.82, 2.24) is 19.7 Å². The van der Waals surface area contributed by atoms with Gasteiger partial charge in [0.2, 0.25) is 0 Å². The van der Waals surface area contributed by atoms with Crippen molar-refractivity contribution in [3.63, 3.8) is 0 Å². The SMILES string of the molecule is Nc1ncnc2c1c(S[C@H]1CCCC[C@@H]1O)nn2[C@@H]1O[C@H](COS(N)(=O)=O)[C@@H](O)[C@H]1O. The van der Waals surface area contributed by atoms with E-state index in [4.69, 9.17) is 15.6 Å². The summed E-state index contributed by atoms with van der Waals surface area (Å²) in [6.45, 7) is -0.584. The van der Waals surface area contributed by atoms with E-state index in [1.54, 1.807) is 0 Å². The maximum Gasteiger partial charge on any atom is 0.333 e. The quantitative estimate of drug-likeness (QED) is 0.327. The summed E-state index contributed by atoms with van der Waals surface area (Å²) in [6.07, 6.45) is -1.07. The van der Waals surface area contributed by atoms with Gasteiger partial charge in [-0.15, -0.1) is 0 Å². The van der Waals surface area contributed by atoms with Crippen molar-refractivity contribution < 1.29 is 32.7 Å². The molecule has 1 aliphatic heterocycles. The van der Waals surface area contributed by atoms with Crippen LogP contribution in [0, 0.1) is 0 Å².